The smallest absolute Gasteiger partial charge is 0.356 e. The number of amides is 1. The quantitative estimate of drug-likeness (QED) is 0.731. The first-order valence-electron chi connectivity index (χ1n) is 5.82. The monoisotopic (exact) mass is 274 g/mol. The lowest BCUT2D eigenvalue weighted by Gasteiger charge is -2.05. The van der Waals surface area contributed by atoms with Gasteiger partial charge in [-0.05, 0) is 25.1 Å². The summed E-state index contributed by atoms with van der Waals surface area (Å²) in [5.74, 6) is -0.693. The van der Waals surface area contributed by atoms with Crippen LogP contribution in [0, 0.1) is 6.92 Å². The number of esters is 1. The average Bonchev–Trinajstić information content (AvgIpc) is 2.78. The highest BCUT2D eigenvalue weighted by Gasteiger charge is 2.17. The van der Waals surface area contributed by atoms with E-state index in [1.165, 1.54) is 25.4 Å². The zero-order valence-corrected chi connectivity index (χ0v) is 11.1. The number of methoxy groups -OCH3 is 1. The fourth-order valence-electron chi connectivity index (χ4n) is 1.73. The second-order valence-corrected chi connectivity index (χ2v) is 4.16. The van der Waals surface area contributed by atoms with Crippen LogP contribution in [0.3, 0.4) is 0 Å². The third-order valence-electron chi connectivity index (χ3n) is 2.63. The Labute approximate surface area is 115 Å². The van der Waals surface area contributed by atoms with Crippen LogP contribution in [0.25, 0.3) is 0 Å². The molecule has 0 bridgehead atoms. The molecule has 20 heavy (non-hydrogen) atoms. The maximum Gasteiger partial charge on any atom is 0.356 e. The van der Waals surface area contributed by atoms with E-state index in [1.54, 1.807) is 13.0 Å². The van der Waals surface area contributed by atoms with Crippen LogP contribution in [-0.4, -0.2) is 29.0 Å². The summed E-state index contributed by atoms with van der Waals surface area (Å²) in [6, 6.07) is 4.63. The molecule has 0 spiro atoms. The Hall–Kier alpha value is -2.83. The Morgan fingerprint density at radius 3 is 2.80 bits per heavy atom. The molecule has 1 amide bonds. The molecule has 0 aromatic carbocycles. The number of nitrogens with two attached hydrogens (primary N) is 1. The van der Waals surface area contributed by atoms with E-state index in [0.29, 0.717) is 11.3 Å². The molecule has 0 saturated heterocycles. The van der Waals surface area contributed by atoms with E-state index in [9.17, 15) is 9.59 Å². The second-order valence-electron chi connectivity index (χ2n) is 4.16. The first-order chi connectivity index (χ1) is 9.51. The van der Waals surface area contributed by atoms with Gasteiger partial charge in [0, 0.05) is 17.5 Å². The summed E-state index contributed by atoms with van der Waals surface area (Å²) < 4.78 is 4.65. The van der Waals surface area contributed by atoms with Crippen molar-refractivity contribution >= 4 is 23.4 Å². The van der Waals surface area contributed by atoms with E-state index in [2.05, 4.69) is 20.0 Å². The molecular formula is C13H14N4O3. The van der Waals surface area contributed by atoms with Gasteiger partial charge in [0.25, 0.3) is 5.91 Å². The molecule has 0 unspecified atom stereocenters. The zero-order valence-electron chi connectivity index (χ0n) is 11.1. The number of carbonyl (C=O) groups excluding carboxylic acids is 2. The van der Waals surface area contributed by atoms with Gasteiger partial charge in [0.2, 0.25) is 0 Å². The molecule has 0 atom stereocenters. The molecule has 7 nitrogen and oxygen atoms in total. The topological polar surface area (TPSA) is 110 Å². The van der Waals surface area contributed by atoms with Crippen molar-refractivity contribution in [2.75, 3.05) is 18.2 Å². The predicted octanol–water partition coefficient (Wildman–Crippen LogP) is 1.34. The number of nitrogens with zero attached hydrogens (tertiary/aromatic N) is 1. The van der Waals surface area contributed by atoms with E-state index < -0.39 is 5.97 Å². The van der Waals surface area contributed by atoms with Crippen molar-refractivity contribution in [3.63, 3.8) is 0 Å². The third kappa shape index (κ3) is 2.77. The number of carbonyl (C=O) groups is 2. The number of hydrogen-bond acceptors (Lipinski definition) is 5. The summed E-state index contributed by atoms with van der Waals surface area (Å²) in [4.78, 5) is 30.3. The molecule has 0 aliphatic carbocycles. The van der Waals surface area contributed by atoms with Gasteiger partial charge >= 0.3 is 5.97 Å². The number of hydrogen-bond donors (Lipinski definition) is 3. The van der Waals surface area contributed by atoms with Crippen molar-refractivity contribution in [3.05, 3.63) is 41.3 Å². The van der Waals surface area contributed by atoms with Gasteiger partial charge in [-0.3, -0.25) is 4.79 Å². The Morgan fingerprint density at radius 1 is 1.40 bits per heavy atom. The zero-order chi connectivity index (χ0) is 14.7. The second kappa shape index (κ2) is 5.43. The van der Waals surface area contributed by atoms with Crippen LogP contribution >= 0.6 is 0 Å². The summed E-state index contributed by atoms with van der Waals surface area (Å²) in [6.07, 6.45) is 1.44. The van der Waals surface area contributed by atoms with E-state index >= 15 is 0 Å². The molecule has 2 rings (SSSR count). The molecule has 0 radical (unpaired) electrons. The number of pyridine rings is 1. The van der Waals surface area contributed by atoms with Crippen LogP contribution in [-0.2, 0) is 4.74 Å². The van der Waals surface area contributed by atoms with Gasteiger partial charge in [-0.25, -0.2) is 9.78 Å². The predicted molar refractivity (Wildman–Crippen MR) is 73.5 cm³/mol. The summed E-state index contributed by atoms with van der Waals surface area (Å²) in [5, 5.41) is 2.64. The van der Waals surface area contributed by atoms with Crippen molar-refractivity contribution < 1.29 is 14.3 Å². The highest BCUT2D eigenvalue weighted by atomic mass is 16.5. The molecule has 2 aromatic heterocycles. The molecule has 0 saturated carbocycles. The van der Waals surface area contributed by atoms with Crippen molar-refractivity contribution in [3.8, 4) is 0 Å². The normalized spacial score (nSPS) is 10.1. The SMILES string of the molecule is COC(=O)c1[nH]c(C)cc1NC(=O)c1ccnc(N)c1. The largest absolute Gasteiger partial charge is 0.464 e. The minimum atomic E-state index is -0.553. The lowest BCUT2D eigenvalue weighted by molar-refractivity contribution is 0.0596. The fourth-order valence-corrected chi connectivity index (χ4v) is 1.73. The van der Waals surface area contributed by atoms with Crippen molar-refractivity contribution in [1.82, 2.24) is 9.97 Å². The molecular weight excluding hydrogens is 260 g/mol. The van der Waals surface area contributed by atoms with E-state index in [4.69, 9.17) is 5.73 Å². The molecule has 7 heteroatoms. The molecule has 104 valence electrons. The number of nitrogens with one attached hydrogen (secondary N) is 2. The van der Waals surface area contributed by atoms with Crippen LogP contribution in [0.5, 0.6) is 0 Å². The number of aromatic amines is 1. The lowest BCUT2D eigenvalue weighted by Crippen LogP contribution is -2.15. The van der Waals surface area contributed by atoms with E-state index in [0.717, 1.165) is 5.69 Å². The van der Waals surface area contributed by atoms with Gasteiger partial charge in [-0.2, -0.15) is 0 Å². The van der Waals surface area contributed by atoms with Crippen LogP contribution < -0.4 is 11.1 Å². The fraction of sp³-hybridized carbons (Fsp3) is 0.154. The first-order valence-corrected chi connectivity index (χ1v) is 5.82. The number of ether oxygens (including phenoxy) is 1. The minimum Gasteiger partial charge on any atom is -0.464 e. The Balaban J connectivity index is 2.26. The van der Waals surface area contributed by atoms with Crippen LogP contribution in [0.1, 0.15) is 26.5 Å². The van der Waals surface area contributed by atoms with E-state index in [1.807, 2.05) is 0 Å². The highest BCUT2D eigenvalue weighted by Crippen LogP contribution is 2.19. The Bertz CT molecular complexity index is 663. The minimum absolute atomic E-state index is 0.195. The molecule has 4 N–H and O–H groups in total. The molecule has 0 aliphatic heterocycles. The van der Waals surface area contributed by atoms with Crippen molar-refractivity contribution in [2.24, 2.45) is 0 Å². The standard InChI is InChI=1S/C13H14N4O3/c1-7-5-9(11(16-7)13(19)20-2)17-12(18)8-3-4-15-10(14)6-8/h3-6,16H,1-2H3,(H2,14,15)(H,17,18). The highest BCUT2D eigenvalue weighted by molar-refractivity contribution is 6.07. The number of aromatic nitrogens is 2. The van der Waals surface area contributed by atoms with Gasteiger partial charge in [-0.15, -0.1) is 0 Å². The Morgan fingerprint density at radius 2 is 2.15 bits per heavy atom. The van der Waals surface area contributed by atoms with Gasteiger partial charge in [-0.1, -0.05) is 0 Å². The lowest BCUT2D eigenvalue weighted by atomic mass is 10.2. The maximum absolute atomic E-state index is 12.1. The molecule has 2 heterocycles. The number of anilines is 2. The van der Waals surface area contributed by atoms with Gasteiger partial charge in [0.15, 0.2) is 0 Å². The maximum atomic E-state index is 12.1. The average molecular weight is 274 g/mol. The molecule has 0 aliphatic rings. The van der Waals surface area contributed by atoms with Crippen LogP contribution in [0.2, 0.25) is 0 Å². The summed E-state index contributed by atoms with van der Waals surface area (Å²) in [6.45, 7) is 1.77. The summed E-state index contributed by atoms with van der Waals surface area (Å²) in [7, 11) is 1.27. The summed E-state index contributed by atoms with van der Waals surface area (Å²) >= 11 is 0. The van der Waals surface area contributed by atoms with Crippen molar-refractivity contribution in [1.29, 1.82) is 0 Å². The van der Waals surface area contributed by atoms with E-state index in [-0.39, 0.29) is 17.4 Å². The third-order valence-corrected chi connectivity index (χ3v) is 2.63. The van der Waals surface area contributed by atoms with Gasteiger partial charge in [0.1, 0.15) is 11.5 Å². The number of rotatable bonds is 3. The Kier molecular flexibility index (Phi) is 3.69. The molecule has 2 aromatic rings. The molecule has 0 fully saturated rings. The number of nitrogen functional groups attached to an aromatic ring is 1. The van der Waals surface area contributed by atoms with Crippen LogP contribution in [0.4, 0.5) is 11.5 Å². The van der Waals surface area contributed by atoms with Crippen molar-refractivity contribution in [2.45, 2.75) is 6.92 Å². The summed E-state index contributed by atoms with van der Waals surface area (Å²) in [5.41, 5.74) is 7.16. The van der Waals surface area contributed by atoms with Crippen LogP contribution in [0.15, 0.2) is 24.4 Å². The first kappa shape index (κ1) is 13.6. The number of H-pyrrole nitrogens is 1. The van der Waals surface area contributed by atoms with Gasteiger partial charge in [0.05, 0.1) is 12.8 Å². The van der Waals surface area contributed by atoms with Gasteiger partial charge < -0.3 is 20.8 Å². The number of aryl methyl sites for hydroxylation is 1.